The molecule has 6 heteroatoms. The summed E-state index contributed by atoms with van der Waals surface area (Å²) in [6, 6.07) is 9.24. The second-order valence-electron chi connectivity index (χ2n) is 3.59. The van der Waals surface area contributed by atoms with E-state index in [-0.39, 0.29) is 11.3 Å². The summed E-state index contributed by atoms with van der Waals surface area (Å²) >= 11 is 3.24. The molecule has 0 saturated carbocycles. The number of halogens is 4. The maximum Gasteiger partial charge on any atom is 0.431 e. The van der Waals surface area contributed by atoms with Crippen molar-refractivity contribution in [2.45, 2.75) is 6.18 Å². The van der Waals surface area contributed by atoms with Crippen LogP contribution in [0, 0.1) is 11.3 Å². The third-order valence-electron chi connectivity index (χ3n) is 2.38. The zero-order valence-electron chi connectivity index (χ0n) is 8.85. The Bertz CT molecular complexity index is 606. The topological polar surface area (TPSA) is 39.6 Å². The Kier molecular flexibility index (Phi) is 3.18. The minimum atomic E-state index is -4.49. The van der Waals surface area contributed by atoms with E-state index in [1.54, 1.807) is 30.3 Å². The van der Waals surface area contributed by atoms with Crippen LogP contribution in [0.4, 0.5) is 13.2 Å². The van der Waals surface area contributed by atoms with Crippen molar-refractivity contribution in [2.75, 3.05) is 0 Å². The number of aromatic amines is 1. The predicted molar refractivity (Wildman–Crippen MR) is 63.6 cm³/mol. The number of nitrogens with zero attached hydrogens (tertiary/aromatic N) is 1. The van der Waals surface area contributed by atoms with Crippen molar-refractivity contribution in [1.82, 2.24) is 4.98 Å². The van der Waals surface area contributed by atoms with E-state index in [4.69, 9.17) is 5.26 Å². The number of aromatic nitrogens is 1. The molecule has 2 aromatic rings. The van der Waals surface area contributed by atoms with Crippen LogP contribution in [0.2, 0.25) is 0 Å². The predicted octanol–water partition coefficient (Wildman–Crippen LogP) is 4.33. The largest absolute Gasteiger partial charge is 0.431 e. The molecule has 0 radical (unpaired) electrons. The third kappa shape index (κ3) is 2.41. The Morgan fingerprint density at radius 2 is 1.78 bits per heavy atom. The van der Waals surface area contributed by atoms with E-state index >= 15 is 0 Å². The lowest BCUT2D eigenvalue weighted by Gasteiger charge is -2.03. The summed E-state index contributed by atoms with van der Waals surface area (Å²) in [5, 5.41) is 8.87. The molecule has 0 unspecified atom stereocenters. The molecule has 2 nitrogen and oxygen atoms in total. The smallest absolute Gasteiger partial charge is 0.350 e. The first-order chi connectivity index (χ1) is 8.41. The van der Waals surface area contributed by atoms with Crippen molar-refractivity contribution in [2.24, 2.45) is 0 Å². The van der Waals surface area contributed by atoms with Crippen LogP contribution in [-0.4, -0.2) is 4.98 Å². The van der Waals surface area contributed by atoms with Gasteiger partial charge in [0.2, 0.25) is 0 Å². The van der Waals surface area contributed by atoms with E-state index in [0.29, 0.717) is 5.56 Å². The van der Waals surface area contributed by atoms with Crippen molar-refractivity contribution in [3.63, 3.8) is 0 Å². The van der Waals surface area contributed by atoms with E-state index in [9.17, 15) is 13.2 Å². The fraction of sp³-hybridized carbons (Fsp3) is 0.0833. The van der Waals surface area contributed by atoms with Crippen LogP contribution in [0.15, 0.2) is 34.8 Å². The van der Waals surface area contributed by atoms with Crippen molar-refractivity contribution in [3.8, 4) is 17.3 Å². The van der Waals surface area contributed by atoms with Crippen molar-refractivity contribution in [3.05, 3.63) is 46.1 Å². The van der Waals surface area contributed by atoms with Gasteiger partial charge in [-0.2, -0.15) is 18.4 Å². The highest BCUT2D eigenvalue weighted by Crippen LogP contribution is 2.33. The summed E-state index contributed by atoms with van der Waals surface area (Å²) in [6.07, 6.45) is -4.49. The first-order valence-electron chi connectivity index (χ1n) is 4.88. The van der Waals surface area contributed by atoms with Gasteiger partial charge in [-0.05, 0) is 23.8 Å². The van der Waals surface area contributed by atoms with Crippen LogP contribution in [-0.2, 0) is 6.18 Å². The lowest BCUT2D eigenvalue weighted by molar-refractivity contribution is -0.140. The number of hydrogen-bond acceptors (Lipinski definition) is 1. The number of nitriles is 1. The lowest BCUT2D eigenvalue weighted by Crippen LogP contribution is -2.04. The van der Waals surface area contributed by atoms with Gasteiger partial charge in [-0.3, -0.25) is 0 Å². The molecule has 0 spiro atoms. The van der Waals surface area contributed by atoms with Gasteiger partial charge in [-0.1, -0.05) is 28.1 Å². The molecular weight excluding hydrogens is 309 g/mol. The summed E-state index contributed by atoms with van der Waals surface area (Å²) in [5.74, 6) is 0. The maximum absolute atomic E-state index is 12.5. The monoisotopic (exact) mass is 314 g/mol. The minimum absolute atomic E-state index is 0.0235. The van der Waals surface area contributed by atoms with Gasteiger partial charge in [0.1, 0.15) is 11.8 Å². The molecule has 0 aliphatic carbocycles. The lowest BCUT2D eigenvalue weighted by atomic mass is 10.1. The van der Waals surface area contributed by atoms with Crippen LogP contribution in [0.5, 0.6) is 0 Å². The molecule has 0 aliphatic rings. The average molecular weight is 315 g/mol. The number of rotatable bonds is 1. The maximum atomic E-state index is 12.5. The van der Waals surface area contributed by atoms with Gasteiger partial charge in [0.15, 0.2) is 0 Å². The Morgan fingerprint density at radius 3 is 2.28 bits per heavy atom. The Morgan fingerprint density at radius 1 is 1.17 bits per heavy atom. The fourth-order valence-electron chi connectivity index (χ4n) is 1.54. The van der Waals surface area contributed by atoms with Crippen molar-refractivity contribution >= 4 is 15.9 Å². The summed E-state index contributed by atoms with van der Waals surface area (Å²) in [7, 11) is 0. The summed E-state index contributed by atoms with van der Waals surface area (Å²) in [5.41, 5.74) is -0.232. The molecule has 18 heavy (non-hydrogen) atoms. The Hall–Kier alpha value is -1.74. The Labute approximate surface area is 109 Å². The number of alkyl halides is 3. The standard InChI is InChI=1S/C12H6BrF3N2/c13-9-3-1-7(2-4-9)11-8(6-17)5-10(18-11)12(14,15)16/h1-5,18H. The molecule has 0 amide bonds. The van der Waals surface area contributed by atoms with Gasteiger partial charge in [0, 0.05) is 4.47 Å². The molecule has 2 rings (SSSR count). The van der Waals surface area contributed by atoms with Crippen LogP contribution in [0.3, 0.4) is 0 Å². The molecule has 1 aromatic carbocycles. The number of H-pyrrole nitrogens is 1. The van der Waals surface area contributed by atoms with E-state index < -0.39 is 11.9 Å². The minimum Gasteiger partial charge on any atom is -0.350 e. The second-order valence-corrected chi connectivity index (χ2v) is 4.50. The van der Waals surface area contributed by atoms with Gasteiger partial charge in [-0.25, -0.2) is 0 Å². The summed E-state index contributed by atoms with van der Waals surface area (Å²) < 4.78 is 38.5. The van der Waals surface area contributed by atoms with Crippen molar-refractivity contribution < 1.29 is 13.2 Å². The zero-order chi connectivity index (χ0) is 13.3. The van der Waals surface area contributed by atoms with Crippen LogP contribution in [0.1, 0.15) is 11.3 Å². The molecule has 1 heterocycles. The van der Waals surface area contributed by atoms with Gasteiger partial charge in [0.05, 0.1) is 11.3 Å². The first-order valence-corrected chi connectivity index (χ1v) is 5.67. The molecule has 1 N–H and O–H groups in total. The van der Waals surface area contributed by atoms with Gasteiger partial charge in [0.25, 0.3) is 0 Å². The molecular formula is C12H6BrF3N2. The van der Waals surface area contributed by atoms with Gasteiger partial charge < -0.3 is 4.98 Å². The van der Waals surface area contributed by atoms with Gasteiger partial charge in [-0.15, -0.1) is 0 Å². The highest BCUT2D eigenvalue weighted by Gasteiger charge is 2.33. The molecule has 0 bridgehead atoms. The average Bonchev–Trinajstić information content (AvgIpc) is 2.73. The van der Waals surface area contributed by atoms with E-state index in [1.165, 1.54) is 0 Å². The SMILES string of the molecule is N#Cc1cc(C(F)(F)F)[nH]c1-c1ccc(Br)cc1. The quantitative estimate of drug-likeness (QED) is 0.835. The zero-order valence-corrected chi connectivity index (χ0v) is 10.4. The molecule has 0 aliphatic heterocycles. The molecule has 0 saturated heterocycles. The summed E-state index contributed by atoms with van der Waals surface area (Å²) in [4.78, 5) is 2.25. The number of nitrogens with one attached hydrogen (secondary N) is 1. The normalized spacial score (nSPS) is 11.3. The van der Waals surface area contributed by atoms with E-state index in [2.05, 4.69) is 20.9 Å². The Balaban J connectivity index is 2.54. The molecule has 92 valence electrons. The highest BCUT2D eigenvalue weighted by atomic mass is 79.9. The fourth-order valence-corrected chi connectivity index (χ4v) is 1.80. The number of benzene rings is 1. The van der Waals surface area contributed by atoms with Crippen LogP contribution in [0.25, 0.3) is 11.3 Å². The van der Waals surface area contributed by atoms with Crippen LogP contribution < -0.4 is 0 Å². The third-order valence-corrected chi connectivity index (χ3v) is 2.91. The number of hydrogen-bond donors (Lipinski definition) is 1. The molecule has 1 aromatic heterocycles. The van der Waals surface area contributed by atoms with Gasteiger partial charge >= 0.3 is 6.18 Å². The summed E-state index contributed by atoms with van der Waals surface area (Å²) in [6.45, 7) is 0. The second kappa shape index (κ2) is 4.50. The van der Waals surface area contributed by atoms with E-state index in [0.717, 1.165) is 10.5 Å². The molecule has 0 fully saturated rings. The van der Waals surface area contributed by atoms with Crippen LogP contribution >= 0.6 is 15.9 Å². The molecule has 0 atom stereocenters. The van der Waals surface area contributed by atoms with Crippen molar-refractivity contribution in [1.29, 1.82) is 5.26 Å². The highest BCUT2D eigenvalue weighted by molar-refractivity contribution is 9.10. The van der Waals surface area contributed by atoms with E-state index in [1.807, 2.05) is 0 Å². The first kappa shape index (κ1) is 12.7.